The molecule has 1 saturated heterocycles. The molecule has 4 aromatic heterocycles. The van der Waals surface area contributed by atoms with Crippen molar-refractivity contribution in [2.24, 2.45) is 20.0 Å². The van der Waals surface area contributed by atoms with Gasteiger partial charge in [0.1, 0.15) is 17.0 Å². The molecular weight excluding hydrogens is 394 g/mol. The first kappa shape index (κ1) is 18.2. The molecule has 0 spiro atoms. The number of carbonyl (C=O) groups excluding carboxylic acids is 1. The summed E-state index contributed by atoms with van der Waals surface area (Å²) in [5.41, 5.74) is 3.06. The lowest BCUT2D eigenvalue weighted by Crippen LogP contribution is -2.49. The molecule has 6 heterocycles. The standard InChI is InChI=1S/C22H23N7O2/c1-25-6-5-23-19(25)16-3-4-18-15-9-14(12-28(18)22(16)31)11-27(13-15)21(30)17-10-24-29-8-7-26(2)20(17)29/h3-8,10,14-15H,9,11-13H2,1-2H3/t14-,15+/m0/s1. The Balaban J connectivity index is 1.34. The highest BCUT2D eigenvalue weighted by molar-refractivity contribution is 6.00. The molecule has 0 N–H and O–H groups in total. The Morgan fingerprint density at radius 2 is 1.94 bits per heavy atom. The molecule has 0 unspecified atom stereocenters. The van der Waals surface area contributed by atoms with Crippen molar-refractivity contribution in [3.05, 3.63) is 64.7 Å². The molecule has 6 rings (SSSR count). The third-order valence-corrected chi connectivity index (χ3v) is 6.72. The van der Waals surface area contributed by atoms with Crippen LogP contribution in [-0.2, 0) is 20.6 Å². The smallest absolute Gasteiger partial charge is 0.261 e. The lowest BCUT2D eigenvalue weighted by molar-refractivity contribution is 0.0596. The molecule has 1 amide bonds. The Labute approximate surface area is 178 Å². The number of fused-ring (bicyclic) bond motifs is 5. The highest BCUT2D eigenvalue weighted by Crippen LogP contribution is 2.36. The largest absolute Gasteiger partial charge is 0.337 e. The zero-order valence-electron chi connectivity index (χ0n) is 17.5. The number of aryl methyl sites for hydroxylation is 2. The predicted octanol–water partition coefficient (Wildman–Crippen LogP) is 1.49. The van der Waals surface area contributed by atoms with Crippen molar-refractivity contribution >= 4 is 11.6 Å². The summed E-state index contributed by atoms with van der Waals surface area (Å²) < 4.78 is 7.41. The Morgan fingerprint density at radius 3 is 2.74 bits per heavy atom. The zero-order chi connectivity index (χ0) is 21.3. The van der Waals surface area contributed by atoms with Gasteiger partial charge in [0.25, 0.3) is 11.5 Å². The highest BCUT2D eigenvalue weighted by Gasteiger charge is 2.37. The SMILES string of the molecule is Cn1ccnc1-c1ccc2n(c1=O)C[C@H]1C[C@@H]2CN(C(=O)c2cnn3ccn(C)c23)C1. The van der Waals surface area contributed by atoms with E-state index in [9.17, 15) is 9.59 Å². The van der Waals surface area contributed by atoms with Gasteiger partial charge in [-0.3, -0.25) is 9.59 Å². The van der Waals surface area contributed by atoms with Gasteiger partial charge < -0.3 is 18.6 Å². The van der Waals surface area contributed by atoms with Crippen LogP contribution in [0.15, 0.2) is 47.9 Å². The predicted molar refractivity (Wildman–Crippen MR) is 114 cm³/mol. The maximum Gasteiger partial charge on any atom is 0.261 e. The summed E-state index contributed by atoms with van der Waals surface area (Å²) in [5.74, 6) is 1.09. The molecule has 1 fully saturated rings. The fourth-order valence-corrected chi connectivity index (χ4v) is 5.28. The lowest BCUT2D eigenvalue weighted by Gasteiger charge is -2.42. The van der Waals surface area contributed by atoms with E-state index in [0.29, 0.717) is 36.6 Å². The minimum Gasteiger partial charge on any atom is -0.337 e. The van der Waals surface area contributed by atoms with E-state index in [1.54, 1.807) is 16.9 Å². The van der Waals surface area contributed by atoms with Crippen LogP contribution in [0.3, 0.4) is 0 Å². The van der Waals surface area contributed by atoms with Crippen molar-refractivity contribution in [1.29, 1.82) is 0 Å². The number of amides is 1. The van der Waals surface area contributed by atoms with E-state index in [1.807, 2.05) is 63.4 Å². The van der Waals surface area contributed by atoms with E-state index in [2.05, 4.69) is 10.1 Å². The first-order chi connectivity index (χ1) is 15.0. The number of rotatable bonds is 2. The molecular formula is C22H23N7O2. The van der Waals surface area contributed by atoms with Crippen LogP contribution in [0.1, 0.15) is 28.4 Å². The van der Waals surface area contributed by atoms with Crippen molar-refractivity contribution < 1.29 is 4.79 Å². The Bertz CT molecular complexity index is 1390. The summed E-state index contributed by atoms with van der Waals surface area (Å²) in [5, 5.41) is 4.31. The van der Waals surface area contributed by atoms with Gasteiger partial charge in [-0.1, -0.05) is 0 Å². The maximum absolute atomic E-state index is 13.4. The number of hydrogen-bond acceptors (Lipinski definition) is 4. The summed E-state index contributed by atoms with van der Waals surface area (Å²) in [6.45, 7) is 1.88. The van der Waals surface area contributed by atoms with Gasteiger partial charge in [-0.05, 0) is 24.5 Å². The lowest BCUT2D eigenvalue weighted by atomic mass is 9.82. The Hall–Kier alpha value is -3.62. The average Bonchev–Trinajstić information content (AvgIpc) is 3.47. The number of likely N-dealkylation sites (tertiary alicyclic amines) is 1. The van der Waals surface area contributed by atoms with E-state index in [-0.39, 0.29) is 23.3 Å². The van der Waals surface area contributed by atoms with Crippen molar-refractivity contribution in [2.45, 2.75) is 18.9 Å². The molecule has 0 aromatic carbocycles. The number of piperidine rings is 1. The van der Waals surface area contributed by atoms with Crippen LogP contribution < -0.4 is 5.56 Å². The maximum atomic E-state index is 13.4. The molecule has 9 heteroatoms. The molecule has 2 atom stereocenters. The van der Waals surface area contributed by atoms with Gasteiger partial charge in [0.05, 0.1) is 11.8 Å². The van der Waals surface area contributed by atoms with Crippen LogP contribution in [0.2, 0.25) is 0 Å². The highest BCUT2D eigenvalue weighted by atomic mass is 16.2. The number of hydrogen-bond donors (Lipinski definition) is 0. The molecule has 2 aliphatic rings. The van der Waals surface area contributed by atoms with E-state index < -0.39 is 0 Å². The molecule has 9 nitrogen and oxygen atoms in total. The average molecular weight is 417 g/mol. The first-order valence-electron chi connectivity index (χ1n) is 10.5. The third kappa shape index (κ3) is 2.62. The monoisotopic (exact) mass is 417 g/mol. The van der Waals surface area contributed by atoms with Crippen molar-refractivity contribution in [2.75, 3.05) is 13.1 Å². The van der Waals surface area contributed by atoms with Gasteiger partial charge in [0.15, 0.2) is 0 Å². The third-order valence-electron chi connectivity index (χ3n) is 6.72. The van der Waals surface area contributed by atoms with Gasteiger partial charge in [0, 0.05) is 70.1 Å². The molecule has 2 bridgehead atoms. The number of aromatic nitrogens is 6. The molecule has 2 aliphatic heterocycles. The van der Waals surface area contributed by atoms with Gasteiger partial charge in [0.2, 0.25) is 0 Å². The second kappa shape index (κ2) is 6.44. The minimum absolute atomic E-state index is 0.00318. The van der Waals surface area contributed by atoms with Crippen LogP contribution in [0.4, 0.5) is 0 Å². The second-order valence-corrected chi connectivity index (χ2v) is 8.69. The van der Waals surface area contributed by atoms with Crippen LogP contribution in [-0.4, -0.2) is 52.2 Å². The molecule has 158 valence electrons. The summed E-state index contributed by atoms with van der Waals surface area (Å²) in [6, 6.07) is 3.92. The van der Waals surface area contributed by atoms with Gasteiger partial charge >= 0.3 is 0 Å². The first-order valence-corrected chi connectivity index (χ1v) is 10.5. The fourth-order valence-electron chi connectivity index (χ4n) is 5.28. The molecule has 4 aromatic rings. The topological polar surface area (TPSA) is 82.4 Å². The summed E-state index contributed by atoms with van der Waals surface area (Å²) in [6.07, 6.45) is 9.94. The summed E-state index contributed by atoms with van der Waals surface area (Å²) in [4.78, 5) is 32.9. The van der Waals surface area contributed by atoms with E-state index in [0.717, 1.165) is 17.8 Å². The van der Waals surface area contributed by atoms with E-state index in [1.165, 1.54) is 0 Å². The molecule has 0 radical (unpaired) electrons. The second-order valence-electron chi connectivity index (χ2n) is 8.69. The molecule has 0 aliphatic carbocycles. The van der Waals surface area contributed by atoms with Gasteiger partial charge in [-0.2, -0.15) is 5.10 Å². The summed E-state index contributed by atoms with van der Waals surface area (Å²) in [7, 11) is 3.81. The normalized spacial score (nSPS) is 20.3. The fraction of sp³-hybridized carbons (Fsp3) is 0.364. The van der Waals surface area contributed by atoms with Crippen LogP contribution in [0, 0.1) is 5.92 Å². The van der Waals surface area contributed by atoms with Gasteiger partial charge in [-0.15, -0.1) is 0 Å². The Kier molecular flexibility index (Phi) is 3.77. The number of imidazole rings is 2. The Morgan fingerprint density at radius 1 is 1.06 bits per heavy atom. The van der Waals surface area contributed by atoms with E-state index >= 15 is 0 Å². The number of carbonyl (C=O) groups is 1. The van der Waals surface area contributed by atoms with Crippen LogP contribution in [0.5, 0.6) is 0 Å². The molecule has 0 saturated carbocycles. The van der Waals surface area contributed by atoms with E-state index in [4.69, 9.17) is 0 Å². The summed E-state index contributed by atoms with van der Waals surface area (Å²) >= 11 is 0. The number of nitrogens with zero attached hydrogens (tertiary/aromatic N) is 7. The zero-order valence-corrected chi connectivity index (χ0v) is 17.5. The van der Waals surface area contributed by atoms with Crippen molar-refractivity contribution in [1.82, 2.24) is 33.2 Å². The van der Waals surface area contributed by atoms with Crippen molar-refractivity contribution in [3.8, 4) is 11.4 Å². The van der Waals surface area contributed by atoms with Crippen LogP contribution in [0.25, 0.3) is 17.0 Å². The van der Waals surface area contributed by atoms with Crippen molar-refractivity contribution in [3.63, 3.8) is 0 Å². The minimum atomic E-state index is 0.00318. The molecule has 31 heavy (non-hydrogen) atoms. The van der Waals surface area contributed by atoms with Crippen LogP contribution >= 0.6 is 0 Å². The number of pyridine rings is 1. The quantitative estimate of drug-likeness (QED) is 0.495. The van der Waals surface area contributed by atoms with Gasteiger partial charge in [-0.25, -0.2) is 9.50 Å².